The van der Waals surface area contributed by atoms with Crippen LogP contribution in [-0.2, 0) is 20.8 Å². The Labute approximate surface area is 154 Å². The van der Waals surface area contributed by atoms with E-state index in [1.807, 2.05) is 18.3 Å². The van der Waals surface area contributed by atoms with Gasteiger partial charge in [0.05, 0.1) is 18.6 Å². The number of methoxy groups -OCH3 is 1. The number of likely N-dealkylation sites (tertiary alicyclic amines) is 2. The second kappa shape index (κ2) is 8.62. The van der Waals surface area contributed by atoms with Gasteiger partial charge in [-0.25, -0.2) is 0 Å². The normalized spacial score (nSPS) is 27.8. The van der Waals surface area contributed by atoms with Crippen LogP contribution in [0.1, 0.15) is 24.6 Å². The zero-order valence-corrected chi connectivity index (χ0v) is 16.2. The molecular weight excluding hydrogens is 336 g/mol. The topological polar surface area (TPSA) is 42.0 Å². The number of fused-ring (bicyclic) bond motifs is 1. The molecule has 3 heterocycles. The summed E-state index contributed by atoms with van der Waals surface area (Å²) in [6, 6.07) is 4.32. The summed E-state index contributed by atoms with van der Waals surface area (Å²) >= 11 is 1.81. The van der Waals surface area contributed by atoms with E-state index in [-0.39, 0.29) is 11.4 Å². The standard InChI is InChI=1S/C19H30N2O3S/c1-3-24-18(22)19-7-5-8-20(14-17-6-4-11-25-17)12-16(19)13-21(15-19)9-10-23-2/h4,6,11,16H,3,5,7-10,12-15H2,1-2H3/t16-,19-/m1/s1. The van der Waals surface area contributed by atoms with Crippen molar-refractivity contribution in [3.63, 3.8) is 0 Å². The van der Waals surface area contributed by atoms with E-state index in [0.29, 0.717) is 19.1 Å². The molecule has 0 spiro atoms. The first-order chi connectivity index (χ1) is 12.2. The first kappa shape index (κ1) is 18.8. The highest BCUT2D eigenvalue weighted by Crippen LogP contribution is 2.44. The third-order valence-corrected chi connectivity index (χ3v) is 6.46. The number of hydrogen-bond donors (Lipinski definition) is 0. The summed E-state index contributed by atoms with van der Waals surface area (Å²) in [4.78, 5) is 19.2. The van der Waals surface area contributed by atoms with Gasteiger partial charge in [0, 0.05) is 50.6 Å². The molecule has 2 aliphatic heterocycles. The number of esters is 1. The first-order valence-electron chi connectivity index (χ1n) is 9.31. The third kappa shape index (κ3) is 4.25. The molecule has 2 fully saturated rings. The molecule has 6 heteroatoms. The smallest absolute Gasteiger partial charge is 0.313 e. The molecule has 140 valence electrons. The van der Waals surface area contributed by atoms with Gasteiger partial charge in [0.2, 0.25) is 0 Å². The Kier molecular flexibility index (Phi) is 6.49. The molecule has 2 aliphatic rings. The van der Waals surface area contributed by atoms with Crippen molar-refractivity contribution < 1.29 is 14.3 Å². The van der Waals surface area contributed by atoms with Crippen LogP contribution in [0.4, 0.5) is 0 Å². The second-order valence-corrected chi connectivity index (χ2v) is 8.25. The molecular formula is C19H30N2O3S. The molecule has 0 aromatic carbocycles. The van der Waals surface area contributed by atoms with E-state index in [4.69, 9.17) is 9.47 Å². The van der Waals surface area contributed by atoms with Crippen LogP contribution < -0.4 is 0 Å². The van der Waals surface area contributed by atoms with Crippen molar-refractivity contribution in [1.82, 2.24) is 9.80 Å². The Morgan fingerprint density at radius 2 is 2.24 bits per heavy atom. The van der Waals surface area contributed by atoms with Gasteiger partial charge in [-0.2, -0.15) is 0 Å². The fourth-order valence-electron chi connectivity index (χ4n) is 4.38. The van der Waals surface area contributed by atoms with E-state index in [0.717, 1.165) is 52.1 Å². The van der Waals surface area contributed by atoms with Crippen LogP contribution in [0, 0.1) is 11.3 Å². The zero-order chi connectivity index (χ0) is 17.7. The number of rotatable bonds is 7. The minimum atomic E-state index is -0.339. The van der Waals surface area contributed by atoms with Crippen LogP contribution in [0.15, 0.2) is 17.5 Å². The quantitative estimate of drug-likeness (QED) is 0.694. The summed E-state index contributed by atoms with van der Waals surface area (Å²) < 4.78 is 10.8. The Bertz CT molecular complexity index is 551. The molecule has 25 heavy (non-hydrogen) atoms. The van der Waals surface area contributed by atoms with Gasteiger partial charge in [0.15, 0.2) is 0 Å². The lowest BCUT2D eigenvalue weighted by Crippen LogP contribution is -2.42. The maximum Gasteiger partial charge on any atom is 0.313 e. The van der Waals surface area contributed by atoms with Crippen molar-refractivity contribution in [2.24, 2.45) is 11.3 Å². The largest absolute Gasteiger partial charge is 0.466 e. The Morgan fingerprint density at radius 1 is 1.40 bits per heavy atom. The number of carbonyl (C=O) groups excluding carboxylic acids is 1. The highest BCUT2D eigenvalue weighted by atomic mass is 32.1. The Morgan fingerprint density at radius 3 is 2.96 bits per heavy atom. The van der Waals surface area contributed by atoms with Crippen LogP contribution in [-0.4, -0.2) is 68.8 Å². The Hall–Kier alpha value is -0.950. The lowest BCUT2D eigenvalue weighted by atomic mass is 9.75. The van der Waals surface area contributed by atoms with Crippen LogP contribution in [0.3, 0.4) is 0 Å². The SMILES string of the molecule is CCOC(=O)[C@@]12CCCN(Cc3cccs3)C[C@@H]1CN(CCOC)C2. The molecule has 0 amide bonds. The molecule has 0 radical (unpaired) electrons. The lowest BCUT2D eigenvalue weighted by Gasteiger charge is -2.31. The maximum atomic E-state index is 12.9. The Balaban J connectivity index is 1.74. The van der Waals surface area contributed by atoms with Gasteiger partial charge in [0.1, 0.15) is 0 Å². The van der Waals surface area contributed by atoms with Crippen molar-refractivity contribution in [2.75, 3.05) is 53.0 Å². The van der Waals surface area contributed by atoms with Gasteiger partial charge in [-0.3, -0.25) is 14.6 Å². The van der Waals surface area contributed by atoms with Crippen LogP contribution >= 0.6 is 11.3 Å². The monoisotopic (exact) mass is 366 g/mol. The summed E-state index contributed by atoms with van der Waals surface area (Å²) in [5.41, 5.74) is -0.339. The number of carbonyl (C=O) groups is 1. The highest BCUT2D eigenvalue weighted by molar-refractivity contribution is 7.09. The molecule has 0 aliphatic carbocycles. The summed E-state index contributed by atoms with van der Waals surface area (Å²) in [6.45, 7) is 8.77. The average molecular weight is 367 g/mol. The van der Waals surface area contributed by atoms with Gasteiger partial charge in [-0.05, 0) is 37.8 Å². The van der Waals surface area contributed by atoms with Crippen molar-refractivity contribution in [3.05, 3.63) is 22.4 Å². The molecule has 2 saturated heterocycles. The zero-order valence-electron chi connectivity index (χ0n) is 15.4. The number of nitrogens with zero attached hydrogens (tertiary/aromatic N) is 2. The maximum absolute atomic E-state index is 12.9. The number of ether oxygens (including phenoxy) is 2. The third-order valence-electron chi connectivity index (χ3n) is 5.59. The second-order valence-electron chi connectivity index (χ2n) is 7.22. The van der Waals surface area contributed by atoms with Gasteiger partial charge in [-0.15, -0.1) is 11.3 Å². The minimum Gasteiger partial charge on any atom is -0.466 e. The predicted octanol–water partition coefficient (Wildman–Crippen LogP) is 2.47. The first-order valence-corrected chi connectivity index (χ1v) is 10.2. The molecule has 5 nitrogen and oxygen atoms in total. The lowest BCUT2D eigenvalue weighted by molar-refractivity contribution is -0.157. The van der Waals surface area contributed by atoms with Crippen molar-refractivity contribution in [3.8, 4) is 0 Å². The van der Waals surface area contributed by atoms with E-state index in [1.54, 1.807) is 7.11 Å². The predicted molar refractivity (Wildman–Crippen MR) is 99.7 cm³/mol. The van der Waals surface area contributed by atoms with E-state index in [2.05, 4.69) is 27.3 Å². The van der Waals surface area contributed by atoms with Crippen molar-refractivity contribution in [2.45, 2.75) is 26.3 Å². The molecule has 1 aromatic rings. The van der Waals surface area contributed by atoms with Crippen molar-refractivity contribution in [1.29, 1.82) is 0 Å². The molecule has 0 N–H and O–H groups in total. The molecule has 2 atom stereocenters. The van der Waals surface area contributed by atoms with E-state index in [1.165, 1.54) is 4.88 Å². The molecule has 3 rings (SSSR count). The van der Waals surface area contributed by atoms with Crippen LogP contribution in [0.25, 0.3) is 0 Å². The summed E-state index contributed by atoms with van der Waals surface area (Å²) in [6.07, 6.45) is 1.99. The number of hydrogen-bond acceptors (Lipinski definition) is 6. The number of thiophene rings is 1. The summed E-state index contributed by atoms with van der Waals surface area (Å²) in [5, 5.41) is 2.14. The van der Waals surface area contributed by atoms with Crippen molar-refractivity contribution >= 4 is 17.3 Å². The summed E-state index contributed by atoms with van der Waals surface area (Å²) in [5.74, 6) is 0.351. The fraction of sp³-hybridized carbons (Fsp3) is 0.737. The van der Waals surface area contributed by atoms with Gasteiger partial charge >= 0.3 is 5.97 Å². The van der Waals surface area contributed by atoms with Crippen LogP contribution in [0.5, 0.6) is 0 Å². The average Bonchev–Trinajstić information content (AvgIpc) is 3.18. The fourth-order valence-corrected chi connectivity index (χ4v) is 5.13. The van der Waals surface area contributed by atoms with Crippen LogP contribution in [0.2, 0.25) is 0 Å². The van der Waals surface area contributed by atoms with Gasteiger partial charge in [0.25, 0.3) is 0 Å². The molecule has 0 unspecified atom stereocenters. The van der Waals surface area contributed by atoms with Gasteiger partial charge in [-0.1, -0.05) is 6.07 Å². The van der Waals surface area contributed by atoms with E-state index in [9.17, 15) is 4.79 Å². The highest BCUT2D eigenvalue weighted by Gasteiger charge is 2.53. The summed E-state index contributed by atoms with van der Waals surface area (Å²) in [7, 11) is 1.73. The minimum absolute atomic E-state index is 0.0119. The molecule has 0 bridgehead atoms. The van der Waals surface area contributed by atoms with E-state index < -0.39 is 0 Å². The molecule has 0 saturated carbocycles. The van der Waals surface area contributed by atoms with E-state index >= 15 is 0 Å². The van der Waals surface area contributed by atoms with Gasteiger partial charge < -0.3 is 9.47 Å². The molecule has 1 aromatic heterocycles.